The van der Waals surface area contributed by atoms with E-state index < -0.39 is 10.8 Å². The van der Waals surface area contributed by atoms with Crippen molar-refractivity contribution in [2.24, 2.45) is 10.9 Å². The highest BCUT2D eigenvalue weighted by atomic mass is 127. The Labute approximate surface area is 190 Å². The molecule has 160 valence electrons. The summed E-state index contributed by atoms with van der Waals surface area (Å²) in [6, 6.07) is 10.5. The quantitative estimate of drug-likeness (QED) is 0.298. The lowest BCUT2D eigenvalue weighted by Gasteiger charge is -2.34. The molecule has 0 radical (unpaired) electrons. The van der Waals surface area contributed by atoms with E-state index in [-0.39, 0.29) is 24.0 Å². The van der Waals surface area contributed by atoms with Gasteiger partial charge < -0.3 is 15.5 Å². The molecule has 5 nitrogen and oxygen atoms in total. The van der Waals surface area contributed by atoms with E-state index in [0.717, 1.165) is 49.9 Å². The largest absolute Gasteiger partial charge is 0.357 e. The predicted octanol–water partition coefficient (Wildman–Crippen LogP) is 3.23. The van der Waals surface area contributed by atoms with Crippen LogP contribution in [0.5, 0.6) is 0 Å². The summed E-state index contributed by atoms with van der Waals surface area (Å²) in [6.07, 6.45) is 2.30. The zero-order chi connectivity index (χ0) is 19.5. The first-order valence-electron chi connectivity index (χ1n) is 10.2. The number of guanidine groups is 1. The van der Waals surface area contributed by atoms with Crippen molar-refractivity contribution in [1.29, 1.82) is 0 Å². The molecule has 28 heavy (non-hydrogen) atoms. The number of hydrogen-bond acceptors (Lipinski definition) is 3. The fourth-order valence-corrected chi connectivity index (χ4v) is 4.38. The molecule has 7 heteroatoms. The SMILES string of the molecule is CCNC(=NCCS(=O)Cc1ccccc1)NC1CCN(CC(C)C)CC1.I. The lowest BCUT2D eigenvalue weighted by atomic mass is 10.0. The Hall–Kier alpha value is -0.670. The molecular weight excluding hydrogens is 483 g/mol. The van der Waals surface area contributed by atoms with Crippen molar-refractivity contribution in [3.05, 3.63) is 35.9 Å². The molecule has 1 aromatic rings. The summed E-state index contributed by atoms with van der Waals surface area (Å²) in [5, 5.41) is 6.89. The maximum Gasteiger partial charge on any atom is 0.191 e. The van der Waals surface area contributed by atoms with Crippen LogP contribution in [-0.4, -0.2) is 59.6 Å². The molecule has 1 atom stereocenters. The third-order valence-corrected chi connectivity index (χ3v) is 5.95. The number of benzene rings is 1. The topological polar surface area (TPSA) is 56.7 Å². The van der Waals surface area contributed by atoms with E-state index in [4.69, 9.17) is 0 Å². The first-order valence-corrected chi connectivity index (χ1v) is 11.7. The zero-order valence-electron chi connectivity index (χ0n) is 17.5. The Kier molecular flexibility index (Phi) is 13.0. The highest BCUT2D eigenvalue weighted by molar-refractivity contribution is 14.0. The minimum absolute atomic E-state index is 0. The average Bonchev–Trinajstić information content (AvgIpc) is 2.64. The maximum absolute atomic E-state index is 12.3. The lowest BCUT2D eigenvalue weighted by Crippen LogP contribution is -2.49. The summed E-state index contributed by atoms with van der Waals surface area (Å²) in [4.78, 5) is 7.20. The molecule has 1 aliphatic heterocycles. The van der Waals surface area contributed by atoms with Crippen LogP contribution in [0.1, 0.15) is 39.2 Å². The van der Waals surface area contributed by atoms with Crippen LogP contribution >= 0.6 is 24.0 Å². The van der Waals surface area contributed by atoms with Gasteiger partial charge in [0.15, 0.2) is 5.96 Å². The van der Waals surface area contributed by atoms with Gasteiger partial charge >= 0.3 is 0 Å². The summed E-state index contributed by atoms with van der Waals surface area (Å²) in [5.41, 5.74) is 1.12. The van der Waals surface area contributed by atoms with Crippen molar-refractivity contribution < 1.29 is 4.21 Å². The molecule has 1 aromatic carbocycles. The molecule has 0 amide bonds. The van der Waals surface area contributed by atoms with Crippen LogP contribution in [0.3, 0.4) is 0 Å². The summed E-state index contributed by atoms with van der Waals surface area (Å²) >= 11 is 0. The van der Waals surface area contributed by atoms with Gasteiger partial charge in [-0.25, -0.2) is 0 Å². The van der Waals surface area contributed by atoms with Gasteiger partial charge in [0.05, 0.1) is 6.54 Å². The molecule has 0 aromatic heterocycles. The predicted molar refractivity (Wildman–Crippen MR) is 132 cm³/mol. The van der Waals surface area contributed by atoms with Crippen molar-refractivity contribution in [2.75, 3.05) is 38.5 Å². The smallest absolute Gasteiger partial charge is 0.191 e. The van der Waals surface area contributed by atoms with Crippen LogP contribution in [0.25, 0.3) is 0 Å². The van der Waals surface area contributed by atoms with Gasteiger partial charge in [-0.2, -0.15) is 0 Å². The Balaban J connectivity index is 0.00000392. The number of hydrogen-bond donors (Lipinski definition) is 2. The fourth-order valence-electron chi connectivity index (χ4n) is 3.38. The molecule has 1 heterocycles. The van der Waals surface area contributed by atoms with Crippen LogP contribution in [-0.2, 0) is 16.6 Å². The van der Waals surface area contributed by atoms with Gasteiger partial charge in [0.1, 0.15) is 0 Å². The number of likely N-dealkylation sites (tertiary alicyclic amines) is 1. The molecule has 0 bridgehead atoms. The van der Waals surface area contributed by atoms with Gasteiger partial charge in [0.25, 0.3) is 0 Å². The highest BCUT2D eigenvalue weighted by Gasteiger charge is 2.20. The number of nitrogens with zero attached hydrogens (tertiary/aromatic N) is 2. The number of nitrogens with one attached hydrogen (secondary N) is 2. The molecule has 1 fully saturated rings. The van der Waals surface area contributed by atoms with Gasteiger partial charge in [0, 0.05) is 54.5 Å². The third kappa shape index (κ3) is 10.2. The second kappa shape index (κ2) is 14.3. The third-order valence-electron chi connectivity index (χ3n) is 4.66. The van der Waals surface area contributed by atoms with E-state index in [2.05, 4.69) is 41.3 Å². The van der Waals surface area contributed by atoms with Crippen molar-refractivity contribution in [2.45, 2.75) is 45.4 Å². The number of halogens is 1. The lowest BCUT2D eigenvalue weighted by molar-refractivity contribution is 0.187. The summed E-state index contributed by atoms with van der Waals surface area (Å²) in [7, 11) is -0.878. The van der Waals surface area contributed by atoms with E-state index in [1.54, 1.807) is 0 Å². The van der Waals surface area contributed by atoms with Crippen molar-refractivity contribution in [1.82, 2.24) is 15.5 Å². The molecule has 0 spiro atoms. The van der Waals surface area contributed by atoms with E-state index in [0.29, 0.717) is 24.1 Å². The second-order valence-corrected chi connectivity index (χ2v) is 9.22. The first kappa shape index (κ1) is 25.4. The van der Waals surface area contributed by atoms with Crippen LogP contribution in [0.2, 0.25) is 0 Å². The second-order valence-electron chi connectivity index (χ2n) is 7.65. The minimum Gasteiger partial charge on any atom is -0.357 e. The van der Waals surface area contributed by atoms with Crippen LogP contribution in [0.4, 0.5) is 0 Å². The monoisotopic (exact) mass is 520 g/mol. The van der Waals surface area contributed by atoms with Gasteiger partial charge in [-0.05, 0) is 31.2 Å². The molecule has 1 saturated heterocycles. The Morgan fingerprint density at radius 3 is 2.54 bits per heavy atom. The molecule has 0 saturated carbocycles. The van der Waals surface area contributed by atoms with E-state index in [9.17, 15) is 4.21 Å². The Morgan fingerprint density at radius 2 is 1.93 bits per heavy atom. The summed E-state index contributed by atoms with van der Waals surface area (Å²) in [5.74, 6) is 2.79. The molecule has 1 unspecified atom stereocenters. The molecule has 2 N–H and O–H groups in total. The average molecular weight is 521 g/mol. The zero-order valence-corrected chi connectivity index (χ0v) is 20.7. The van der Waals surface area contributed by atoms with Gasteiger partial charge in [0.2, 0.25) is 0 Å². The minimum atomic E-state index is -0.878. The maximum atomic E-state index is 12.3. The van der Waals surface area contributed by atoms with Crippen LogP contribution < -0.4 is 10.6 Å². The Bertz CT molecular complexity index is 589. The van der Waals surface area contributed by atoms with Crippen LogP contribution in [0, 0.1) is 5.92 Å². The molecule has 1 aliphatic rings. The van der Waals surface area contributed by atoms with Crippen LogP contribution in [0.15, 0.2) is 35.3 Å². The van der Waals surface area contributed by atoms with E-state index >= 15 is 0 Å². The normalized spacial score (nSPS) is 17.2. The number of piperidine rings is 1. The summed E-state index contributed by atoms with van der Waals surface area (Å²) < 4.78 is 12.3. The van der Waals surface area contributed by atoms with E-state index in [1.165, 1.54) is 6.54 Å². The van der Waals surface area contributed by atoms with Crippen molar-refractivity contribution in [3.63, 3.8) is 0 Å². The van der Waals surface area contributed by atoms with Gasteiger partial charge in [-0.3, -0.25) is 9.20 Å². The highest BCUT2D eigenvalue weighted by Crippen LogP contribution is 2.12. The number of rotatable bonds is 9. The summed E-state index contributed by atoms with van der Waals surface area (Å²) in [6.45, 7) is 11.5. The Morgan fingerprint density at radius 1 is 1.25 bits per heavy atom. The van der Waals surface area contributed by atoms with Gasteiger partial charge in [-0.15, -0.1) is 24.0 Å². The standard InChI is InChI=1S/C21H36N4OS.HI/c1-4-22-21(24-20-10-13-25(14-11-20)16-18(2)3)23-12-15-27(26)17-19-8-6-5-7-9-19;/h5-9,18,20H,4,10-17H2,1-3H3,(H2,22,23,24);1H. The van der Waals surface area contributed by atoms with E-state index in [1.807, 2.05) is 30.3 Å². The van der Waals surface area contributed by atoms with Crippen molar-refractivity contribution in [3.8, 4) is 0 Å². The molecule has 0 aliphatic carbocycles. The fraction of sp³-hybridized carbons (Fsp3) is 0.667. The van der Waals surface area contributed by atoms with Crippen molar-refractivity contribution >= 4 is 40.7 Å². The molecule has 2 rings (SSSR count). The first-order chi connectivity index (χ1) is 13.1. The molecular formula is C21H37IN4OS. The number of aliphatic imine (C=N–C) groups is 1. The van der Waals surface area contributed by atoms with Gasteiger partial charge in [-0.1, -0.05) is 44.2 Å².